The van der Waals surface area contributed by atoms with Crippen LogP contribution in [0.4, 0.5) is 23.3 Å². The molecule has 0 aliphatic carbocycles. The maximum absolute atomic E-state index is 9.39. The molecule has 0 saturated heterocycles. The van der Waals surface area contributed by atoms with Crippen LogP contribution in [-0.4, -0.2) is 54.7 Å². The fourth-order valence-electron chi connectivity index (χ4n) is 2.64. The Morgan fingerprint density at radius 1 is 1.39 bits per heavy atom. The van der Waals surface area contributed by atoms with Crippen molar-refractivity contribution in [3.63, 3.8) is 0 Å². The summed E-state index contributed by atoms with van der Waals surface area (Å²) in [5.41, 5.74) is 6.63. The van der Waals surface area contributed by atoms with Crippen molar-refractivity contribution in [3.05, 3.63) is 0 Å². The van der Waals surface area contributed by atoms with Crippen LogP contribution in [0.15, 0.2) is 0 Å². The maximum Gasteiger partial charge on any atom is 0.224 e. The number of aliphatic hydroxyl groups is 1. The number of ether oxygens (including phenoxy) is 1. The van der Waals surface area contributed by atoms with E-state index in [9.17, 15) is 5.11 Å². The highest BCUT2D eigenvalue weighted by atomic mass is 16.5. The summed E-state index contributed by atoms with van der Waals surface area (Å²) in [5.74, 6) is 1.82. The van der Waals surface area contributed by atoms with Gasteiger partial charge in [-0.2, -0.15) is 9.97 Å². The molecule has 2 heterocycles. The lowest BCUT2D eigenvalue weighted by atomic mass is 9.96. The third-order valence-electron chi connectivity index (χ3n) is 4.16. The van der Waals surface area contributed by atoms with E-state index in [0.717, 1.165) is 11.5 Å². The minimum atomic E-state index is -0.216. The summed E-state index contributed by atoms with van der Waals surface area (Å²) in [5, 5.41) is 15.7. The van der Waals surface area contributed by atoms with Gasteiger partial charge >= 0.3 is 0 Å². The topological polar surface area (TPSA) is 109 Å². The van der Waals surface area contributed by atoms with Crippen LogP contribution in [-0.2, 0) is 4.74 Å². The van der Waals surface area contributed by atoms with Crippen molar-refractivity contribution < 1.29 is 9.84 Å². The van der Waals surface area contributed by atoms with Crippen LogP contribution in [0.25, 0.3) is 0 Å². The van der Waals surface area contributed by atoms with Gasteiger partial charge in [0, 0.05) is 26.1 Å². The Morgan fingerprint density at radius 3 is 2.57 bits per heavy atom. The minimum Gasteiger partial charge on any atom is -0.394 e. The average Bonchev–Trinajstić information content (AvgIpc) is 2.99. The first-order chi connectivity index (χ1) is 11.0. The normalized spacial score (nSPS) is 16.6. The van der Waals surface area contributed by atoms with E-state index in [-0.39, 0.29) is 30.6 Å². The molecule has 8 heteroatoms. The third kappa shape index (κ3) is 3.94. The second-order valence-corrected chi connectivity index (χ2v) is 5.24. The lowest BCUT2D eigenvalue weighted by molar-refractivity contribution is 0.00639. The number of aliphatic hydroxyl groups excluding tert-OH is 1. The van der Waals surface area contributed by atoms with Crippen LogP contribution in [0.1, 0.15) is 27.7 Å². The number of nitrogens with one attached hydrogen (secondary N) is 2. The smallest absolute Gasteiger partial charge is 0.224 e. The van der Waals surface area contributed by atoms with Crippen molar-refractivity contribution in [2.75, 3.05) is 48.7 Å². The van der Waals surface area contributed by atoms with Gasteiger partial charge < -0.3 is 31.1 Å². The highest BCUT2D eigenvalue weighted by Crippen LogP contribution is 2.37. The Balaban J connectivity index is 0.00000127. The van der Waals surface area contributed by atoms with Crippen molar-refractivity contribution in [2.24, 2.45) is 5.92 Å². The predicted molar refractivity (Wildman–Crippen MR) is 94.8 cm³/mol. The van der Waals surface area contributed by atoms with Gasteiger partial charge in [0.25, 0.3) is 0 Å². The van der Waals surface area contributed by atoms with Crippen LogP contribution in [0.3, 0.4) is 0 Å². The number of nitrogens with zero attached hydrogens (tertiary/aromatic N) is 3. The molecule has 5 N–H and O–H groups in total. The predicted octanol–water partition coefficient (Wildman–Crippen LogP) is 1.35. The highest BCUT2D eigenvalue weighted by Gasteiger charge is 2.33. The van der Waals surface area contributed by atoms with E-state index in [1.165, 1.54) is 0 Å². The first-order valence-electron chi connectivity index (χ1n) is 8.02. The van der Waals surface area contributed by atoms with Gasteiger partial charge in [0.2, 0.25) is 5.95 Å². The van der Waals surface area contributed by atoms with E-state index < -0.39 is 0 Å². The Labute approximate surface area is 138 Å². The minimum absolute atomic E-state index is 0.0101. The maximum atomic E-state index is 9.39. The van der Waals surface area contributed by atoms with E-state index in [2.05, 4.69) is 39.3 Å². The number of hydrogen-bond acceptors (Lipinski definition) is 8. The summed E-state index contributed by atoms with van der Waals surface area (Å²) in [4.78, 5) is 10.6. The Bertz CT molecular complexity index is 495. The Hall–Kier alpha value is -1.80. The van der Waals surface area contributed by atoms with Crippen LogP contribution in [0.5, 0.6) is 0 Å². The zero-order chi connectivity index (χ0) is 17.6. The first kappa shape index (κ1) is 19.2. The molecule has 132 valence electrons. The summed E-state index contributed by atoms with van der Waals surface area (Å²) in [6, 6.07) is 0.120. The monoisotopic (exact) mass is 326 g/mol. The van der Waals surface area contributed by atoms with E-state index in [4.69, 9.17) is 10.5 Å². The highest BCUT2D eigenvalue weighted by molar-refractivity contribution is 5.82. The van der Waals surface area contributed by atoms with Crippen LogP contribution in [0.2, 0.25) is 0 Å². The molecule has 1 aliphatic rings. The van der Waals surface area contributed by atoms with Crippen molar-refractivity contribution in [3.8, 4) is 0 Å². The Kier molecular flexibility index (Phi) is 7.31. The summed E-state index contributed by atoms with van der Waals surface area (Å²) in [6.07, 6.45) is -0.216. The number of aromatic nitrogens is 2. The molecule has 0 radical (unpaired) electrons. The SMILES string of the molecule is CC.CNc1nc(N)nc2c1NCN2C(C)C(C)C(CO)OC. The lowest BCUT2D eigenvalue weighted by Crippen LogP contribution is -2.43. The summed E-state index contributed by atoms with van der Waals surface area (Å²) in [6.45, 7) is 8.75. The van der Waals surface area contributed by atoms with Gasteiger partial charge in [0.1, 0.15) is 5.69 Å². The van der Waals surface area contributed by atoms with Crippen molar-refractivity contribution in [2.45, 2.75) is 39.8 Å². The molecule has 1 aromatic rings. The molecule has 0 bridgehead atoms. The van der Waals surface area contributed by atoms with Crippen LogP contribution < -0.4 is 21.3 Å². The molecular weight excluding hydrogens is 296 g/mol. The fourth-order valence-corrected chi connectivity index (χ4v) is 2.64. The molecule has 3 atom stereocenters. The molecule has 1 aromatic heterocycles. The zero-order valence-corrected chi connectivity index (χ0v) is 14.9. The summed E-state index contributed by atoms with van der Waals surface area (Å²) in [7, 11) is 3.41. The molecule has 0 amide bonds. The second kappa shape index (κ2) is 8.73. The number of anilines is 4. The second-order valence-electron chi connectivity index (χ2n) is 5.24. The number of hydrogen-bond donors (Lipinski definition) is 4. The molecule has 8 nitrogen and oxygen atoms in total. The van der Waals surface area contributed by atoms with Crippen molar-refractivity contribution in [1.82, 2.24) is 9.97 Å². The van der Waals surface area contributed by atoms with Crippen LogP contribution >= 0.6 is 0 Å². The van der Waals surface area contributed by atoms with E-state index in [1.807, 2.05) is 13.8 Å². The standard InChI is InChI=1S/C13H24N6O2.C2H6/c1-7(9(5-20)21-4)8(2)19-6-16-10-11(15-3)17-13(14)18-12(10)19;1-2/h7-9,16,20H,5-6H2,1-4H3,(H3,14,15,17,18);1-2H3. The van der Waals surface area contributed by atoms with Gasteiger partial charge in [-0.15, -0.1) is 0 Å². The molecule has 0 fully saturated rings. The van der Waals surface area contributed by atoms with Crippen LogP contribution in [0, 0.1) is 5.92 Å². The number of nitrogens with two attached hydrogens (primary N) is 1. The zero-order valence-electron chi connectivity index (χ0n) is 14.9. The first-order valence-corrected chi connectivity index (χ1v) is 8.02. The number of fused-ring (bicyclic) bond motifs is 1. The van der Waals surface area contributed by atoms with Crippen molar-refractivity contribution >= 4 is 23.3 Å². The molecule has 0 spiro atoms. The molecule has 0 saturated carbocycles. The quantitative estimate of drug-likeness (QED) is 0.620. The Morgan fingerprint density at radius 2 is 2.04 bits per heavy atom. The van der Waals surface area contributed by atoms with E-state index in [1.54, 1.807) is 14.2 Å². The largest absolute Gasteiger partial charge is 0.394 e. The number of methoxy groups -OCH3 is 1. The van der Waals surface area contributed by atoms with Gasteiger partial charge in [-0.05, 0) is 6.92 Å². The van der Waals surface area contributed by atoms with Gasteiger partial charge in [-0.25, -0.2) is 0 Å². The van der Waals surface area contributed by atoms with Gasteiger partial charge in [-0.3, -0.25) is 0 Å². The molecular formula is C15H30N6O2. The third-order valence-corrected chi connectivity index (χ3v) is 4.16. The number of rotatable bonds is 6. The van der Waals surface area contributed by atoms with E-state index in [0.29, 0.717) is 12.5 Å². The molecule has 23 heavy (non-hydrogen) atoms. The molecule has 3 unspecified atom stereocenters. The van der Waals surface area contributed by atoms with E-state index >= 15 is 0 Å². The molecule has 0 aromatic carbocycles. The summed E-state index contributed by atoms with van der Waals surface area (Å²) >= 11 is 0. The lowest BCUT2D eigenvalue weighted by Gasteiger charge is -2.33. The summed E-state index contributed by atoms with van der Waals surface area (Å²) < 4.78 is 5.33. The van der Waals surface area contributed by atoms with Crippen molar-refractivity contribution in [1.29, 1.82) is 0 Å². The molecule has 1 aliphatic heterocycles. The van der Waals surface area contributed by atoms with Gasteiger partial charge in [0.15, 0.2) is 11.6 Å². The number of nitrogen functional groups attached to an aromatic ring is 1. The fraction of sp³-hybridized carbons (Fsp3) is 0.733. The van der Waals surface area contributed by atoms with Gasteiger partial charge in [-0.1, -0.05) is 20.8 Å². The van der Waals surface area contributed by atoms with Gasteiger partial charge in [0.05, 0.1) is 19.4 Å². The average molecular weight is 326 g/mol. The molecule has 2 rings (SSSR count).